The summed E-state index contributed by atoms with van der Waals surface area (Å²) in [6.45, 7) is 0. The molecule has 3 rings (SSSR count). The minimum absolute atomic E-state index is 0.0297. The zero-order valence-corrected chi connectivity index (χ0v) is 11.0. The summed E-state index contributed by atoms with van der Waals surface area (Å²) in [5.41, 5.74) is -0.773. The number of hydrogen-bond donors (Lipinski definition) is 1. The molecule has 0 saturated carbocycles. The van der Waals surface area contributed by atoms with Crippen LogP contribution in [0.5, 0.6) is 0 Å². The molecule has 0 unspecified atom stereocenters. The van der Waals surface area contributed by atoms with Gasteiger partial charge >= 0.3 is 6.18 Å². The topological polar surface area (TPSA) is 46.2 Å². The predicted octanol–water partition coefficient (Wildman–Crippen LogP) is 3.63. The van der Waals surface area contributed by atoms with Gasteiger partial charge in [-0.15, -0.1) is 0 Å². The highest BCUT2D eigenvalue weighted by molar-refractivity contribution is 7.93. The lowest BCUT2D eigenvalue weighted by atomic mass is 10.0. The van der Waals surface area contributed by atoms with E-state index in [1.165, 1.54) is 0 Å². The molecule has 2 aromatic carbocycles. The van der Waals surface area contributed by atoms with E-state index < -0.39 is 27.6 Å². The van der Waals surface area contributed by atoms with Crippen molar-refractivity contribution in [2.24, 2.45) is 0 Å². The summed E-state index contributed by atoms with van der Waals surface area (Å²) < 4.78 is 77.5. The van der Waals surface area contributed by atoms with Crippen LogP contribution in [0.3, 0.4) is 0 Å². The monoisotopic (exact) mass is 317 g/mol. The van der Waals surface area contributed by atoms with Crippen LogP contribution in [0.15, 0.2) is 41.3 Å². The molecule has 1 aliphatic heterocycles. The van der Waals surface area contributed by atoms with Crippen molar-refractivity contribution in [2.75, 3.05) is 4.72 Å². The molecule has 8 heteroatoms. The maximum Gasteiger partial charge on any atom is 0.416 e. The van der Waals surface area contributed by atoms with Crippen molar-refractivity contribution >= 4 is 15.7 Å². The van der Waals surface area contributed by atoms with Crippen LogP contribution in [0.4, 0.5) is 23.2 Å². The SMILES string of the molecule is O=S1(=O)Nc2ccc(C(F)(F)F)cc2-c2ccc(F)cc21. The molecule has 0 saturated heterocycles. The van der Waals surface area contributed by atoms with Gasteiger partial charge in [-0.25, -0.2) is 12.8 Å². The van der Waals surface area contributed by atoms with Crippen LogP contribution >= 0.6 is 0 Å². The molecular weight excluding hydrogens is 310 g/mol. The largest absolute Gasteiger partial charge is 0.416 e. The van der Waals surface area contributed by atoms with Crippen LogP contribution in [-0.2, 0) is 16.2 Å². The Morgan fingerprint density at radius 3 is 2.33 bits per heavy atom. The maximum atomic E-state index is 13.2. The van der Waals surface area contributed by atoms with Crippen molar-refractivity contribution in [1.29, 1.82) is 0 Å². The van der Waals surface area contributed by atoms with Crippen molar-refractivity contribution in [3.05, 3.63) is 47.8 Å². The van der Waals surface area contributed by atoms with Gasteiger partial charge in [0.2, 0.25) is 0 Å². The lowest BCUT2D eigenvalue weighted by molar-refractivity contribution is -0.137. The van der Waals surface area contributed by atoms with Gasteiger partial charge in [0.1, 0.15) is 5.82 Å². The van der Waals surface area contributed by atoms with Crippen molar-refractivity contribution < 1.29 is 26.0 Å². The molecule has 0 atom stereocenters. The lowest BCUT2D eigenvalue weighted by Gasteiger charge is -2.22. The first-order valence-electron chi connectivity index (χ1n) is 5.72. The van der Waals surface area contributed by atoms with E-state index in [1.54, 1.807) is 0 Å². The molecule has 0 aliphatic carbocycles. The Morgan fingerprint density at radius 1 is 0.952 bits per heavy atom. The Balaban J connectivity index is 2.31. The first-order chi connectivity index (χ1) is 9.68. The number of sulfonamides is 1. The third kappa shape index (κ3) is 2.25. The quantitative estimate of drug-likeness (QED) is 0.754. The Bertz CT molecular complexity index is 844. The van der Waals surface area contributed by atoms with Crippen molar-refractivity contribution in [3.63, 3.8) is 0 Å². The van der Waals surface area contributed by atoms with E-state index in [-0.39, 0.29) is 21.7 Å². The molecular formula is C13H7F4NO2S. The molecule has 3 nitrogen and oxygen atoms in total. The number of rotatable bonds is 0. The molecule has 0 aromatic heterocycles. The van der Waals surface area contributed by atoms with Gasteiger partial charge in [-0.05, 0) is 30.3 Å². The van der Waals surface area contributed by atoms with E-state index in [1.807, 2.05) is 0 Å². The minimum atomic E-state index is -4.55. The number of alkyl halides is 3. The van der Waals surface area contributed by atoms with Gasteiger partial charge in [-0.1, -0.05) is 6.07 Å². The molecule has 21 heavy (non-hydrogen) atoms. The molecule has 0 radical (unpaired) electrons. The van der Waals surface area contributed by atoms with Crippen molar-refractivity contribution in [1.82, 2.24) is 0 Å². The minimum Gasteiger partial charge on any atom is -0.279 e. The van der Waals surface area contributed by atoms with E-state index in [2.05, 4.69) is 4.72 Å². The van der Waals surface area contributed by atoms with Gasteiger partial charge in [-0.3, -0.25) is 4.72 Å². The summed E-state index contributed by atoms with van der Waals surface area (Å²) in [5.74, 6) is -0.783. The first kappa shape index (κ1) is 13.9. The molecule has 1 N–H and O–H groups in total. The number of nitrogens with one attached hydrogen (secondary N) is 1. The summed E-state index contributed by atoms with van der Waals surface area (Å²) >= 11 is 0. The van der Waals surface area contributed by atoms with Crippen LogP contribution in [-0.4, -0.2) is 8.42 Å². The second-order valence-electron chi connectivity index (χ2n) is 4.50. The van der Waals surface area contributed by atoms with Crippen LogP contribution in [0.1, 0.15) is 5.56 Å². The van der Waals surface area contributed by atoms with Gasteiger partial charge in [0.05, 0.1) is 16.1 Å². The van der Waals surface area contributed by atoms with Gasteiger partial charge in [0, 0.05) is 11.1 Å². The fourth-order valence-corrected chi connectivity index (χ4v) is 3.49. The zero-order valence-electron chi connectivity index (χ0n) is 10.2. The Morgan fingerprint density at radius 2 is 1.67 bits per heavy atom. The van der Waals surface area contributed by atoms with Crippen molar-refractivity contribution in [3.8, 4) is 11.1 Å². The number of benzene rings is 2. The summed E-state index contributed by atoms with van der Waals surface area (Å²) in [6, 6.07) is 5.61. The number of anilines is 1. The van der Waals surface area contributed by atoms with Gasteiger partial charge in [0.15, 0.2) is 0 Å². The number of hydrogen-bond acceptors (Lipinski definition) is 2. The molecule has 0 fully saturated rings. The van der Waals surface area contributed by atoms with Gasteiger partial charge in [-0.2, -0.15) is 13.2 Å². The smallest absolute Gasteiger partial charge is 0.279 e. The zero-order chi connectivity index (χ0) is 15.4. The maximum absolute atomic E-state index is 13.2. The van der Waals surface area contributed by atoms with Crippen LogP contribution in [0.25, 0.3) is 11.1 Å². The number of halogens is 4. The Labute approximate surface area is 117 Å². The van der Waals surface area contributed by atoms with E-state index >= 15 is 0 Å². The van der Waals surface area contributed by atoms with Crippen LogP contribution in [0, 0.1) is 5.82 Å². The number of fused-ring (bicyclic) bond motifs is 3. The van der Waals surface area contributed by atoms with E-state index in [0.29, 0.717) is 0 Å². The summed E-state index contributed by atoms with van der Waals surface area (Å²) in [7, 11) is -4.00. The molecule has 1 heterocycles. The first-order valence-corrected chi connectivity index (χ1v) is 7.21. The van der Waals surface area contributed by atoms with E-state index in [0.717, 1.165) is 36.4 Å². The van der Waals surface area contributed by atoms with Gasteiger partial charge in [0.25, 0.3) is 10.0 Å². The highest BCUT2D eigenvalue weighted by Crippen LogP contribution is 2.42. The standard InChI is InChI=1S/C13H7F4NO2S/c14-8-2-3-9-10-5-7(13(15,16)17)1-4-11(10)18-21(19,20)12(9)6-8/h1-6,18H. The second kappa shape index (κ2) is 4.20. The predicted molar refractivity (Wildman–Crippen MR) is 67.6 cm³/mol. The fraction of sp³-hybridized carbons (Fsp3) is 0.0769. The normalized spacial score (nSPS) is 15.8. The van der Waals surface area contributed by atoms with Crippen molar-refractivity contribution in [2.45, 2.75) is 11.1 Å². The molecule has 2 aromatic rings. The van der Waals surface area contributed by atoms with Gasteiger partial charge < -0.3 is 0 Å². The van der Waals surface area contributed by atoms with E-state index in [9.17, 15) is 26.0 Å². The molecule has 1 aliphatic rings. The Kier molecular flexibility index (Phi) is 2.78. The second-order valence-corrected chi connectivity index (χ2v) is 6.15. The third-order valence-corrected chi connectivity index (χ3v) is 4.52. The Hall–Kier alpha value is -2.09. The van der Waals surface area contributed by atoms with Crippen LogP contribution < -0.4 is 4.72 Å². The summed E-state index contributed by atoms with van der Waals surface area (Å²) in [4.78, 5) is -0.380. The molecule has 0 bridgehead atoms. The lowest BCUT2D eigenvalue weighted by Crippen LogP contribution is -2.19. The highest BCUT2D eigenvalue weighted by Gasteiger charge is 2.34. The molecule has 110 valence electrons. The summed E-state index contributed by atoms with van der Waals surface area (Å²) in [5, 5.41) is 0. The average molecular weight is 317 g/mol. The molecule has 0 amide bonds. The average Bonchev–Trinajstić information content (AvgIpc) is 2.37. The molecule has 0 spiro atoms. The van der Waals surface area contributed by atoms with E-state index in [4.69, 9.17) is 0 Å². The highest BCUT2D eigenvalue weighted by atomic mass is 32.2. The summed E-state index contributed by atoms with van der Waals surface area (Å²) in [6.07, 6.45) is -4.55. The third-order valence-electron chi connectivity index (χ3n) is 3.11. The fourth-order valence-electron chi connectivity index (χ4n) is 2.17. The van der Waals surface area contributed by atoms with Crippen LogP contribution in [0.2, 0.25) is 0 Å².